The lowest BCUT2D eigenvalue weighted by molar-refractivity contribution is -0.135. The average molecular weight is 358 g/mol. The normalized spacial score (nSPS) is 21.1. The molecule has 1 aliphatic heterocycles. The second-order valence-corrected chi connectivity index (χ2v) is 6.99. The lowest BCUT2D eigenvalue weighted by Crippen LogP contribution is -2.48. The molecule has 0 radical (unpaired) electrons. The van der Waals surface area contributed by atoms with E-state index >= 15 is 0 Å². The van der Waals surface area contributed by atoms with Crippen molar-refractivity contribution in [3.63, 3.8) is 0 Å². The number of piperidine rings is 1. The van der Waals surface area contributed by atoms with E-state index in [0.717, 1.165) is 25.7 Å². The van der Waals surface area contributed by atoms with Crippen molar-refractivity contribution in [1.29, 1.82) is 0 Å². The SMILES string of the molecule is COCCC[C@@]1(CO)CCCN(C(=O)Cc2ccc(F)cc2Cl)C1. The second kappa shape index (κ2) is 8.79. The molecule has 1 heterocycles. The van der Waals surface area contributed by atoms with E-state index in [9.17, 15) is 14.3 Å². The predicted octanol–water partition coefficient (Wildman–Crippen LogP) is 3.05. The Balaban J connectivity index is 2.00. The van der Waals surface area contributed by atoms with E-state index in [1.807, 2.05) is 0 Å². The Morgan fingerprint density at radius 1 is 1.50 bits per heavy atom. The van der Waals surface area contributed by atoms with E-state index in [-0.39, 0.29) is 29.4 Å². The van der Waals surface area contributed by atoms with Gasteiger partial charge < -0.3 is 14.7 Å². The molecule has 1 aromatic carbocycles. The molecule has 1 fully saturated rings. The van der Waals surface area contributed by atoms with E-state index in [2.05, 4.69) is 0 Å². The molecule has 0 unspecified atom stereocenters. The number of aliphatic hydroxyl groups is 1. The molecule has 1 atom stereocenters. The molecular formula is C18H25ClFNO3. The van der Waals surface area contributed by atoms with Gasteiger partial charge in [-0.05, 0) is 43.4 Å². The second-order valence-electron chi connectivity index (χ2n) is 6.59. The zero-order chi connectivity index (χ0) is 17.6. The number of likely N-dealkylation sites (tertiary alicyclic amines) is 1. The quantitative estimate of drug-likeness (QED) is 0.763. The van der Waals surface area contributed by atoms with E-state index in [1.165, 1.54) is 12.1 Å². The van der Waals surface area contributed by atoms with Crippen molar-refractivity contribution in [2.45, 2.75) is 32.1 Å². The first-order chi connectivity index (χ1) is 11.5. The summed E-state index contributed by atoms with van der Waals surface area (Å²) in [7, 11) is 1.66. The highest BCUT2D eigenvalue weighted by atomic mass is 35.5. The number of hydrogen-bond acceptors (Lipinski definition) is 3. The highest BCUT2D eigenvalue weighted by Crippen LogP contribution is 2.34. The number of amides is 1. The number of benzene rings is 1. The third-order valence-electron chi connectivity index (χ3n) is 4.76. The summed E-state index contributed by atoms with van der Waals surface area (Å²) < 4.78 is 18.2. The predicted molar refractivity (Wildman–Crippen MR) is 91.6 cm³/mol. The maximum atomic E-state index is 13.1. The standard InChI is InChI=1S/C18H25ClFNO3/c1-24-9-3-7-18(13-22)6-2-8-21(12-18)17(23)10-14-4-5-15(20)11-16(14)19/h4-5,11,22H,2-3,6-10,12-13H2,1H3/t18-/m0/s1. The maximum Gasteiger partial charge on any atom is 0.227 e. The first kappa shape index (κ1) is 19.2. The minimum atomic E-state index is -0.411. The van der Waals surface area contributed by atoms with Crippen molar-refractivity contribution in [1.82, 2.24) is 4.90 Å². The van der Waals surface area contributed by atoms with Gasteiger partial charge in [-0.2, -0.15) is 0 Å². The van der Waals surface area contributed by atoms with Crippen LogP contribution in [0.15, 0.2) is 18.2 Å². The summed E-state index contributed by atoms with van der Waals surface area (Å²) in [5.74, 6) is -0.445. The third-order valence-corrected chi connectivity index (χ3v) is 5.11. The summed E-state index contributed by atoms with van der Waals surface area (Å²) in [5, 5.41) is 10.1. The Kier molecular flexibility index (Phi) is 7.02. The lowest BCUT2D eigenvalue weighted by Gasteiger charge is -2.42. The van der Waals surface area contributed by atoms with Crippen LogP contribution in [-0.4, -0.2) is 49.3 Å². The largest absolute Gasteiger partial charge is 0.396 e. The van der Waals surface area contributed by atoms with E-state index in [4.69, 9.17) is 16.3 Å². The van der Waals surface area contributed by atoms with Gasteiger partial charge in [-0.25, -0.2) is 4.39 Å². The van der Waals surface area contributed by atoms with Crippen molar-refractivity contribution >= 4 is 17.5 Å². The van der Waals surface area contributed by atoms with Crippen LogP contribution in [0.2, 0.25) is 5.02 Å². The van der Waals surface area contributed by atoms with Gasteiger partial charge in [-0.3, -0.25) is 4.79 Å². The molecule has 6 heteroatoms. The monoisotopic (exact) mass is 357 g/mol. The Morgan fingerprint density at radius 2 is 2.29 bits per heavy atom. The van der Waals surface area contributed by atoms with Gasteiger partial charge in [0, 0.05) is 37.2 Å². The van der Waals surface area contributed by atoms with Crippen LogP contribution in [0.3, 0.4) is 0 Å². The molecule has 1 saturated heterocycles. The molecule has 1 aromatic rings. The Labute approximate surface area is 147 Å². The fourth-order valence-corrected chi connectivity index (χ4v) is 3.60. The summed E-state index contributed by atoms with van der Waals surface area (Å²) in [4.78, 5) is 14.4. The van der Waals surface area contributed by atoms with Crippen molar-refractivity contribution in [2.24, 2.45) is 5.41 Å². The molecule has 24 heavy (non-hydrogen) atoms. The number of hydrogen-bond donors (Lipinski definition) is 1. The van der Waals surface area contributed by atoms with Crippen LogP contribution < -0.4 is 0 Å². The molecular weight excluding hydrogens is 333 g/mol. The highest BCUT2D eigenvalue weighted by Gasteiger charge is 2.36. The summed E-state index contributed by atoms with van der Waals surface area (Å²) in [6, 6.07) is 4.09. The van der Waals surface area contributed by atoms with Gasteiger partial charge >= 0.3 is 0 Å². The third kappa shape index (κ3) is 4.91. The van der Waals surface area contributed by atoms with Gasteiger partial charge in [0.25, 0.3) is 0 Å². The highest BCUT2D eigenvalue weighted by molar-refractivity contribution is 6.31. The number of halogens is 2. The maximum absolute atomic E-state index is 13.1. The number of carbonyl (C=O) groups is 1. The minimum Gasteiger partial charge on any atom is -0.396 e. The molecule has 0 bridgehead atoms. The summed E-state index contributed by atoms with van der Waals surface area (Å²) >= 11 is 6.02. The van der Waals surface area contributed by atoms with Gasteiger partial charge in [0.2, 0.25) is 5.91 Å². The fourth-order valence-electron chi connectivity index (χ4n) is 3.36. The number of nitrogens with zero attached hydrogens (tertiary/aromatic N) is 1. The molecule has 0 aromatic heterocycles. The van der Waals surface area contributed by atoms with Crippen LogP contribution in [0.4, 0.5) is 4.39 Å². The van der Waals surface area contributed by atoms with Crippen molar-refractivity contribution in [3.8, 4) is 0 Å². The van der Waals surface area contributed by atoms with Gasteiger partial charge in [-0.15, -0.1) is 0 Å². The van der Waals surface area contributed by atoms with Gasteiger partial charge in [-0.1, -0.05) is 17.7 Å². The van der Waals surface area contributed by atoms with Crippen LogP contribution in [0.5, 0.6) is 0 Å². The molecule has 134 valence electrons. The van der Waals surface area contributed by atoms with E-state index in [0.29, 0.717) is 25.3 Å². The van der Waals surface area contributed by atoms with Crippen LogP contribution >= 0.6 is 11.6 Å². The van der Waals surface area contributed by atoms with Crippen molar-refractivity contribution in [3.05, 3.63) is 34.6 Å². The number of methoxy groups -OCH3 is 1. The Morgan fingerprint density at radius 3 is 2.96 bits per heavy atom. The molecule has 4 nitrogen and oxygen atoms in total. The van der Waals surface area contributed by atoms with Crippen molar-refractivity contribution < 1.29 is 19.0 Å². The Hall–Kier alpha value is -1.17. The molecule has 0 aliphatic carbocycles. The average Bonchev–Trinajstić information content (AvgIpc) is 2.58. The van der Waals surface area contributed by atoms with E-state index < -0.39 is 5.82 Å². The smallest absolute Gasteiger partial charge is 0.227 e. The molecule has 2 rings (SSSR count). The molecule has 0 saturated carbocycles. The zero-order valence-electron chi connectivity index (χ0n) is 14.1. The van der Waals surface area contributed by atoms with Crippen LogP contribution in [0, 0.1) is 11.2 Å². The zero-order valence-corrected chi connectivity index (χ0v) is 14.8. The molecule has 1 aliphatic rings. The van der Waals surface area contributed by atoms with Gasteiger partial charge in [0.15, 0.2) is 0 Å². The van der Waals surface area contributed by atoms with Gasteiger partial charge in [0.05, 0.1) is 13.0 Å². The van der Waals surface area contributed by atoms with Crippen LogP contribution in [0.25, 0.3) is 0 Å². The van der Waals surface area contributed by atoms with Crippen LogP contribution in [0.1, 0.15) is 31.2 Å². The molecule has 0 spiro atoms. The van der Waals surface area contributed by atoms with Gasteiger partial charge in [0.1, 0.15) is 5.82 Å². The fraction of sp³-hybridized carbons (Fsp3) is 0.611. The summed E-state index contributed by atoms with van der Waals surface area (Å²) in [6.45, 7) is 1.95. The number of rotatable bonds is 7. The van der Waals surface area contributed by atoms with Crippen LogP contribution in [-0.2, 0) is 16.0 Å². The molecule has 1 N–H and O–H groups in total. The Bertz CT molecular complexity index is 569. The van der Waals surface area contributed by atoms with Crippen molar-refractivity contribution in [2.75, 3.05) is 33.4 Å². The topological polar surface area (TPSA) is 49.8 Å². The number of ether oxygens (including phenoxy) is 1. The van der Waals surface area contributed by atoms with E-state index in [1.54, 1.807) is 18.1 Å². The lowest BCUT2D eigenvalue weighted by atomic mass is 9.77. The molecule has 1 amide bonds. The first-order valence-electron chi connectivity index (χ1n) is 8.31. The first-order valence-corrected chi connectivity index (χ1v) is 8.69. The number of aliphatic hydroxyl groups excluding tert-OH is 1. The summed E-state index contributed by atoms with van der Waals surface area (Å²) in [6.07, 6.45) is 3.63. The summed E-state index contributed by atoms with van der Waals surface area (Å²) in [5.41, 5.74) is 0.376. The minimum absolute atomic E-state index is 0.0345. The number of carbonyl (C=O) groups excluding carboxylic acids is 1.